The Morgan fingerprint density at radius 2 is 1.78 bits per heavy atom. The van der Waals surface area contributed by atoms with Crippen molar-refractivity contribution < 1.29 is 18.0 Å². The van der Waals surface area contributed by atoms with Crippen molar-refractivity contribution in [3.05, 3.63) is 82.2 Å². The Morgan fingerprint density at radius 1 is 1.05 bits per heavy atom. The number of likely N-dealkylation sites (N-methyl/N-ethyl adjacent to an activating group) is 1. The third kappa shape index (κ3) is 6.84. The summed E-state index contributed by atoms with van der Waals surface area (Å²) in [4.78, 5) is 25.1. The number of pyridine rings is 2. The van der Waals surface area contributed by atoms with Gasteiger partial charge < -0.3 is 16.0 Å². The van der Waals surface area contributed by atoms with Gasteiger partial charge in [0.25, 0.3) is 5.91 Å². The van der Waals surface area contributed by atoms with Crippen LogP contribution in [0.4, 0.5) is 24.8 Å². The molecule has 3 N–H and O–H groups in total. The minimum Gasteiger partial charge on any atom is -0.383 e. The number of nitrogens with zero attached hydrogens (tertiary/aromatic N) is 4. The SMILES string of the molecule is Cc1cc(C#Cc2ccnc(NC(=O)c3ccc(CN4CCN(C)CC4)c(C(F)(F)F)c3)c2)cnc1N. The summed E-state index contributed by atoms with van der Waals surface area (Å²) in [6.45, 7) is 4.99. The molecule has 3 heterocycles. The van der Waals surface area contributed by atoms with Gasteiger partial charge in [0.05, 0.1) is 5.56 Å². The fraction of sp³-hybridized carbons (Fsp3) is 0.296. The number of rotatable bonds is 4. The average Bonchev–Trinajstić information content (AvgIpc) is 2.86. The molecule has 1 fully saturated rings. The number of carbonyl (C=O) groups excluding carboxylic acids is 1. The van der Waals surface area contributed by atoms with Gasteiger partial charge in [-0.3, -0.25) is 9.69 Å². The number of aromatic nitrogens is 2. The molecule has 1 amide bonds. The van der Waals surface area contributed by atoms with Crippen LogP contribution in [0.1, 0.15) is 38.2 Å². The fourth-order valence-corrected chi connectivity index (χ4v) is 3.93. The van der Waals surface area contributed by atoms with Crippen LogP contribution in [0.25, 0.3) is 0 Å². The van der Waals surface area contributed by atoms with E-state index in [0.717, 1.165) is 24.7 Å². The molecule has 3 aromatic rings. The smallest absolute Gasteiger partial charge is 0.383 e. The Kier molecular flexibility index (Phi) is 7.76. The number of halogens is 3. The van der Waals surface area contributed by atoms with Crippen LogP contribution in [0.2, 0.25) is 0 Å². The first-order valence-electron chi connectivity index (χ1n) is 11.7. The van der Waals surface area contributed by atoms with E-state index in [1.807, 2.05) is 24.9 Å². The van der Waals surface area contributed by atoms with Gasteiger partial charge in [-0.2, -0.15) is 13.2 Å². The van der Waals surface area contributed by atoms with Crippen LogP contribution in [-0.4, -0.2) is 58.9 Å². The van der Waals surface area contributed by atoms with Crippen LogP contribution in [0.5, 0.6) is 0 Å². The van der Waals surface area contributed by atoms with Crippen molar-refractivity contribution in [2.75, 3.05) is 44.3 Å². The van der Waals surface area contributed by atoms with Crippen LogP contribution in [0.15, 0.2) is 48.8 Å². The highest BCUT2D eigenvalue weighted by Crippen LogP contribution is 2.33. The maximum Gasteiger partial charge on any atom is 0.416 e. The number of benzene rings is 1. The summed E-state index contributed by atoms with van der Waals surface area (Å²) in [5, 5.41) is 2.57. The lowest BCUT2D eigenvalue weighted by molar-refractivity contribution is -0.138. The van der Waals surface area contributed by atoms with E-state index >= 15 is 0 Å². The first kappa shape index (κ1) is 26.1. The number of nitrogens with one attached hydrogen (secondary N) is 1. The monoisotopic (exact) mass is 508 g/mol. The summed E-state index contributed by atoms with van der Waals surface area (Å²) < 4.78 is 41.6. The van der Waals surface area contributed by atoms with Gasteiger partial charge in [-0.25, -0.2) is 9.97 Å². The molecule has 192 valence electrons. The summed E-state index contributed by atoms with van der Waals surface area (Å²) in [6.07, 6.45) is -1.56. The lowest BCUT2D eigenvalue weighted by Gasteiger charge is -2.33. The maximum absolute atomic E-state index is 13.9. The Hall–Kier alpha value is -3.94. The van der Waals surface area contributed by atoms with Crippen molar-refractivity contribution in [2.45, 2.75) is 19.6 Å². The Morgan fingerprint density at radius 3 is 2.49 bits per heavy atom. The lowest BCUT2D eigenvalue weighted by Crippen LogP contribution is -2.44. The molecule has 0 bridgehead atoms. The first-order valence-corrected chi connectivity index (χ1v) is 11.7. The second-order valence-electron chi connectivity index (χ2n) is 9.01. The van der Waals surface area contributed by atoms with Gasteiger partial charge in [0, 0.05) is 61.8 Å². The Labute approximate surface area is 213 Å². The molecule has 0 unspecified atom stereocenters. The van der Waals surface area contributed by atoms with Crippen molar-refractivity contribution in [1.29, 1.82) is 0 Å². The molecule has 0 saturated carbocycles. The summed E-state index contributed by atoms with van der Waals surface area (Å²) in [6, 6.07) is 8.72. The van der Waals surface area contributed by atoms with Gasteiger partial charge in [0.1, 0.15) is 11.6 Å². The number of hydrogen-bond acceptors (Lipinski definition) is 6. The van der Waals surface area contributed by atoms with Crippen LogP contribution >= 0.6 is 0 Å². The Balaban J connectivity index is 1.50. The predicted octanol–water partition coefficient (Wildman–Crippen LogP) is 3.79. The highest BCUT2D eigenvalue weighted by molar-refractivity contribution is 6.04. The normalized spacial score (nSPS) is 14.6. The largest absolute Gasteiger partial charge is 0.416 e. The van der Waals surface area contributed by atoms with Gasteiger partial charge in [-0.1, -0.05) is 17.9 Å². The van der Waals surface area contributed by atoms with Crippen molar-refractivity contribution >= 4 is 17.5 Å². The van der Waals surface area contributed by atoms with E-state index in [1.54, 1.807) is 18.3 Å². The zero-order valence-electron chi connectivity index (χ0n) is 20.6. The van der Waals surface area contributed by atoms with Crippen molar-refractivity contribution in [3.63, 3.8) is 0 Å². The zero-order chi connectivity index (χ0) is 26.6. The van der Waals surface area contributed by atoms with Gasteiger partial charge in [-0.05, 0) is 55.4 Å². The van der Waals surface area contributed by atoms with E-state index in [1.165, 1.54) is 18.3 Å². The molecule has 2 aromatic heterocycles. The maximum atomic E-state index is 13.9. The summed E-state index contributed by atoms with van der Waals surface area (Å²) in [7, 11) is 1.99. The lowest BCUT2D eigenvalue weighted by atomic mass is 10.0. The van der Waals surface area contributed by atoms with Crippen LogP contribution in [0, 0.1) is 18.8 Å². The van der Waals surface area contributed by atoms with Crippen molar-refractivity contribution in [2.24, 2.45) is 0 Å². The van der Waals surface area contributed by atoms with E-state index in [4.69, 9.17) is 5.73 Å². The summed E-state index contributed by atoms with van der Waals surface area (Å²) >= 11 is 0. The second kappa shape index (κ2) is 11.0. The molecule has 0 aliphatic carbocycles. The first-order chi connectivity index (χ1) is 17.6. The number of nitrogens with two attached hydrogens (primary N) is 1. The third-order valence-electron chi connectivity index (χ3n) is 6.14. The summed E-state index contributed by atoms with van der Waals surface area (Å²) in [5.74, 6) is 5.85. The number of carbonyl (C=O) groups is 1. The van der Waals surface area contributed by atoms with Gasteiger partial charge in [-0.15, -0.1) is 0 Å². The highest BCUT2D eigenvalue weighted by atomic mass is 19.4. The summed E-state index contributed by atoms with van der Waals surface area (Å²) in [5.41, 5.74) is 7.01. The molecule has 1 aliphatic rings. The van der Waals surface area contributed by atoms with E-state index in [9.17, 15) is 18.0 Å². The fourth-order valence-electron chi connectivity index (χ4n) is 3.93. The van der Waals surface area contributed by atoms with Crippen molar-refractivity contribution in [3.8, 4) is 11.8 Å². The number of alkyl halides is 3. The molecule has 0 spiro atoms. The second-order valence-corrected chi connectivity index (χ2v) is 9.01. The molecular weight excluding hydrogens is 481 g/mol. The van der Waals surface area contributed by atoms with Gasteiger partial charge in [0.15, 0.2) is 0 Å². The van der Waals surface area contributed by atoms with E-state index in [-0.39, 0.29) is 23.5 Å². The van der Waals surface area contributed by atoms with Crippen LogP contribution in [0.3, 0.4) is 0 Å². The number of aryl methyl sites for hydroxylation is 1. The molecule has 0 atom stereocenters. The topological polar surface area (TPSA) is 87.4 Å². The zero-order valence-corrected chi connectivity index (χ0v) is 20.6. The minimum absolute atomic E-state index is 0.101. The van der Waals surface area contributed by atoms with Crippen LogP contribution < -0.4 is 11.1 Å². The Bertz CT molecular complexity index is 1350. The van der Waals surface area contributed by atoms with Gasteiger partial charge >= 0.3 is 6.18 Å². The van der Waals surface area contributed by atoms with Crippen molar-refractivity contribution in [1.82, 2.24) is 19.8 Å². The number of amides is 1. The molecule has 1 aliphatic heterocycles. The van der Waals surface area contributed by atoms with Gasteiger partial charge in [0.2, 0.25) is 0 Å². The third-order valence-corrected chi connectivity index (χ3v) is 6.14. The molecule has 10 heteroatoms. The van der Waals surface area contributed by atoms with Crippen LogP contribution in [-0.2, 0) is 12.7 Å². The molecule has 37 heavy (non-hydrogen) atoms. The molecule has 0 radical (unpaired) electrons. The molecular formula is C27H27F3N6O. The standard InChI is InChI=1S/C27H27F3N6O/c1-18-13-20(16-33-25(18)31)4-3-19-7-8-32-24(14-19)34-26(37)21-5-6-22(23(15-21)27(28,29)30)17-36-11-9-35(2)10-12-36/h5-8,13-16H,9-12,17H2,1-2H3,(H2,31,33)(H,32,34,37). The van der Waals surface area contributed by atoms with E-state index in [0.29, 0.717) is 30.0 Å². The predicted molar refractivity (Wildman–Crippen MR) is 136 cm³/mol. The number of nitrogen functional groups attached to an aromatic ring is 1. The molecule has 1 aromatic carbocycles. The van der Waals surface area contributed by atoms with E-state index < -0.39 is 17.6 Å². The minimum atomic E-state index is -4.58. The van der Waals surface area contributed by atoms with E-state index in [2.05, 4.69) is 32.0 Å². The molecule has 1 saturated heterocycles. The average molecular weight is 509 g/mol. The highest BCUT2D eigenvalue weighted by Gasteiger charge is 2.34. The number of hydrogen-bond donors (Lipinski definition) is 2. The quantitative estimate of drug-likeness (QED) is 0.522. The number of piperazine rings is 1. The molecule has 4 rings (SSSR count). The number of anilines is 2. The molecule has 7 nitrogen and oxygen atoms in total.